The molecule has 0 aliphatic heterocycles. The van der Waals surface area contributed by atoms with E-state index in [1.807, 2.05) is 13.8 Å². The molecule has 0 aliphatic carbocycles. The molecule has 54 valence electrons. The first-order valence-corrected chi connectivity index (χ1v) is 3.50. The van der Waals surface area contributed by atoms with Gasteiger partial charge < -0.3 is 5.32 Å². The van der Waals surface area contributed by atoms with Gasteiger partial charge in [-0.15, -0.1) is 0 Å². The lowest BCUT2D eigenvalue weighted by molar-refractivity contribution is -0.119. The topological polar surface area (TPSA) is 29.1 Å². The molecule has 0 heterocycles. The Morgan fingerprint density at radius 3 is 2.00 bits per heavy atom. The van der Waals surface area contributed by atoms with Crippen molar-refractivity contribution >= 4 is 29.1 Å². The number of carbonyl (C=O) groups is 1. The van der Waals surface area contributed by atoms with Gasteiger partial charge in [0.15, 0.2) is 4.84 Å². The molecule has 0 aromatic carbocycles. The third-order valence-electron chi connectivity index (χ3n) is 0.629. The van der Waals surface area contributed by atoms with Crippen molar-refractivity contribution < 1.29 is 4.79 Å². The maximum atomic E-state index is 10.6. The minimum atomic E-state index is -0.951. The van der Waals surface area contributed by atoms with Crippen molar-refractivity contribution in [1.82, 2.24) is 5.32 Å². The summed E-state index contributed by atoms with van der Waals surface area (Å²) >= 11 is 10.5. The Morgan fingerprint density at radius 2 is 1.89 bits per heavy atom. The normalized spacial score (nSPS) is 10.4. The molecule has 0 saturated carbocycles. The molecule has 1 N–H and O–H groups in total. The Bertz CT molecular complexity index is 103. The zero-order valence-electron chi connectivity index (χ0n) is 5.32. The molecule has 4 heteroatoms. The van der Waals surface area contributed by atoms with E-state index in [1.54, 1.807) is 0 Å². The smallest absolute Gasteiger partial charge is 0.253 e. The molecular formula is C5H9Cl2NO. The predicted octanol–water partition coefficient (Wildman–Crippen LogP) is 1.31. The molecule has 0 radical (unpaired) electrons. The van der Waals surface area contributed by atoms with E-state index >= 15 is 0 Å². The maximum Gasteiger partial charge on any atom is 0.253 e. The zero-order chi connectivity index (χ0) is 7.44. The van der Waals surface area contributed by atoms with Gasteiger partial charge in [0.25, 0.3) is 5.91 Å². The number of carbonyl (C=O) groups excluding carboxylic acids is 1. The minimum Gasteiger partial charge on any atom is -0.352 e. The van der Waals surface area contributed by atoms with E-state index in [9.17, 15) is 4.79 Å². The van der Waals surface area contributed by atoms with Crippen LogP contribution in [0, 0.1) is 0 Å². The van der Waals surface area contributed by atoms with Crippen molar-refractivity contribution in [3.8, 4) is 0 Å². The summed E-state index contributed by atoms with van der Waals surface area (Å²) in [6.45, 7) is 3.68. The monoisotopic (exact) mass is 169 g/mol. The molecule has 0 saturated heterocycles. The molecule has 1 amide bonds. The van der Waals surface area contributed by atoms with Gasteiger partial charge in [-0.05, 0) is 13.8 Å². The Labute approximate surface area is 64.5 Å². The van der Waals surface area contributed by atoms with Crippen molar-refractivity contribution in [1.29, 1.82) is 0 Å². The summed E-state index contributed by atoms with van der Waals surface area (Å²) in [5, 5.41) is 2.54. The van der Waals surface area contributed by atoms with Crippen LogP contribution in [-0.2, 0) is 4.79 Å². The summed E-state index contributed by atoms with van der Waals surface area (Å²) in [7, 11) is 0. The van der Waals surface area contributed by atoms with Gasteiger partial charge in [-0.2, -0.15) is 0 Å². The fourth-order valence-electron chi connectivity index (χ4n) is 0.348. The first-order valence-electron chi connectivity index (χ1n) is 2.62. The number of alkyl halides is 2. The van der Waals surface area contributed by atoms with Crippen molar-refractivity contribution in [2.45, 2.75) is 24.7 Å². The van der Waals surface area contributed by atoms with Crippen LogP contribution in [0.1, 0.15) is 13.8 Å². The van der Waals surface area contributed by atoms with E-state index in [0.717, 1.165) is 0 Å². The van der Waals surface area contributed by atoms with Crippen LogP contribution in [0.3, 0.4) is 0 Å². The number of amides is 1. The number of halogens is 2. The third kappa shape index (κ3) is 4.55. The van der Waals surface area contributed by atoms with Crippen LogP contribution in [0.4, 0.5) is 0 Å². The third-order valence-corrected chi connectivity index (χ3v) is 1.03. The van der Waals surface area contributed by atoms with Gasteiger partial charge in [-0.3, -0.25) is 4.79 Å². The first kappa shape index (κ1) is 9.05. The average molecular weight is 170 g/mol. The summed E-state index contributed by atoms with van der Waals surface area (Å²) in [6, 6.07) is 0.0949. The van der Waals surface area contributed by atoms with Crippen LogP contribution < -0.4 is 5.32 Å². The second kappa shape index (κ2) is 3.96. The van der Waals surface area contributed by atoms with Crippen molar-refractivity contribution in [3.05, 3.63) is 0 Å². The van der Waals surface area contributed by atoms with Crippen molar-refractivity contribution in [2.75, 3.05) is 0 Å². The summed E-state index contributed by atoms with van der Waals surface area (Å²) in [5.41, 5.74) is 0. The Hall–Kier alpha value is 0.0500. The molecule has 0 bridgehead atoms. The van der Waals surface area contributed by atoms with E-state index in [-0.39, 0.29) is 11.9 Å². The molecule has 0 fully saturated rings. The van der Waals surface area contributed by atoms with E-state index in [1.165, 1.54) is 0 Å². The summed E-state index contributed by atoms with van der Waals surface area (Å²) in [5.74, 6) is -0.340. The fourth-order valence-corrected chi connectivity index (χ4v) is 0.474. The average Bonchev–Trinajstić information content (AvgIpc) is 1.63. The quantitative estimate of drug-likeness (QED) is 0.622. The first-order chi connectivity index (χ1) is 4.04. The summed E-state index contributed by atoms with van der Waals surface area (Å²) in [6.07, 6.45) is 0. The van der Waals surface area contributed by atoms with Gasteiger partial charge in [0.1, 0.15) is 0 Å². The van der Waals surface area contributed by atoms with Crippen LogP contribution in [0.5, 0.6) is 0 Å². The van der Waals surface area contributed by atoms with Crippen LogP contribution >= 0.6 is 23.2 Å². The Balaban J connectivity index is 3.51. The van der Waals surface area contributed by atoms with Crippen molar-refractivity contribution in [2.24, 2.45) is 0 Å². The molecule has 0 atom stereocenters. The van der Waals surface area contributed by atoms with Gasteiger partial charge in [0.05, 0.1) is 0 Å². The lowest BCUT2D eigenvalue weighted by Crippen LogP contribution is -2.33. The lowest BCUT2D eigenvalue weighted by Gasteiger charge is -2.07. The highest BCUT2D eigenvalue weighted by Gasteiger charge is 2.10. The van der Waals surface area contributed by atoms with E-state index in [0.29, 0.717) is 0 Å². The number of nitrogens with one attached hydrogen (secondary N) is 1. The SMILES string of the molecule is CC(C)NC(=O)C(Cl)Cl. The van der Waals surface area contributed by atoms with Gasteiger partial charge in [-0.1, -0.05) is 23.2 Å². The van der Waals surface area contributed by atoms with E-state index in [2.05, 4.69) is 5.32 Å². The molecule has 9 heavy (non-hydrogen) atoms. The molecule has 0 aromatic rings. The number of rotatable bonds is 2. The minimum absolute atomic E-state index is 0.0949. The van der Waals surface area contributed by atoms with Crippen LogP contribution in [0.15, 0.2) is 0 Å². The van der Waals surface area contributed by atoms with Gasteiger partial charge in [0, 0.05) is 6.04 Å². The highest BCUT2D eigenvalue weighted by molar-refractivity contribution is 6.53. The molecule has 2 nitrogen and oxygen atoms in total. The highest BCUT2D eigenvalue weighted by Crippen LogP contribution is 2.00. The maximum absolute atomic E-state index is 10.6. The van der Waals surface area contributed by atoms with E-state index in [4.69, 9.17) is 23.2 Å². The predicted molar refractivity (Wildman–Crippen MR) is 38.8 cm³/mol. The molecule has 0 aromatic heterocycles. The number of hydrogen-bond acceptors (Lipinski definition) is 1. The Morgan fingerprint density at radius 1 is 1.44 bits per heavy atom. The van der Waals surface area contributed by atoms with E-state index < -0.39 is 4.84 Å². The van der Waals surface area contributed by atoms with Gasteiger partial charge >= 0.3 is 0 Å². The van der Waals surface area contributed by atoms with Crippen LogP contribution in [-0.4, -0.2) is 16.8 Å². The summed E-state index contributed by atoms with van der Waals surface area (Å²) in [4.78, 5) is 9.63. The largest absolute Gasteiger partial charge is 0.352 e. The van der Waals surface area contributed by atoms with Crippen LogP contribution in [0.2, 0.25) is 0 Å². The molecule has 0 spiro atoms. The Kier molecular flexibility index (Phi) is 3.98. The molecule has 0 unspecified atom stereocenters. The van der Waals surface area contributed by atoms with Crippen LogP contribution in [0.25, 0.3) is 0 Å². The fraction of sp³-hybridized carbons (Fsp3) is 0.800. The zero-order valence-corrected chi connectivity index (χ0v) is 6.83. The standard InChI is InChI=1S/C5H9Cl2NO/c1-3(2)8-5(9)4(6)7/h3-4H,1-2H3,(H,8,9). The van der Waals surface area contributed by atoms with Crippen molar-refractivity contribution in [3.63, 3.8) is 0 Å². The highest BCUT2D eigenvalue weighted by atomic mass is 35.5. The molecule has 0 aliphatic rings. The lowest BCUT2D eigenvalue weighted by atomic mass is 10.4. The number of hydrogen-bond donors (Lipinski definition) is 1. The second-order valence-electron chi connectivity index (χ2n) is 1.96. The van der Waals surface area contributed by atoms with Gasteiger partial charge in [0.2, 0.25) is 0 Å². The van der Waals surface area contributed by atoms with Gasteiger partial charge in [-0.25, -0.2) is 0 Å². The second-order valence-corrected chi connectivity index (χ2v) is 3.06. The summed E-state index contributed by atoms with van der Waals surface area (Å²) < 4.78 is 0. The molecule has 0 rings (SSSR count). The molecular weight excluding hydrogens is 161 g/mol.